The average Bonchev–Trinajstić information content (AvgIpc) is 3.22. The predicted molar refractivity (Wildman–Crippen MR) is 125 cm³/mol. The zero-order chi connectivity index (χ0) is 23.4. The molecule has 1 fully saturated rings. The Bertz CT molecular complexity index is 1210. The Kier molecular flexibility index (Phi) is 6.45. The first-order valence-corrected chi connectivity index (χ1v) is 10.5. The van der Waals surface area contributed by atoms with Crippen LogP contribution in [0.5, 0.6) is 0 Å². The molecule has 172 valence electrons. The maximum absolute atomic E-state index is 12.3. The first kappa shape index (κ1) is 22.1. The number of ether oxygens (including phenoxy) is 1. The fourth-order valence-corrected chi connectivity index (χ4v) is 3.60. The number of aromatic nitrogens is 5. The fraction of sp³-hybridized carbons (Fsp3) is 0.333. The van der Waals surface area contributed by atoms with Gasteiger partial charge in [0.1, 0.15) is 11.2 Å². The summed E-state index contributed by atoms with van der Waals surface area (Å²) < 4.78 is 7.21. The van der Waals surface area contributed by atoms with E-state index < -0.39 is 5.91 Å². The van der Waals surface area contributed by atoms with Gasteiger partial charge in [-0.1, -0.05) is 0 Å². The molecule has 4 rings (SSSR count). The number of primary amides is 1. The fourth-order valence-electron chi connectivity index (χ4n) is 3.60. The lowest BCUT2D eigenvalue weighted by Gasteiger charge is -2.22. The smallest absolute Gasteiger partial charge is 0.271 e. The second-order valence-corrected chi connectivity index (χ2v) is 7.56. The second-order valence-electron chi connectivity index (χ2n) is 7.56. The topological polar surface area (TPSA) is 169 Å². The van der Waals surface area contributed by atoms with E-state index in [-0.39, 0.29) is 17.6 Å². The highest BCUT2D eigenvalue weighted by Gasteiger charge is 2.21. The molecule has 12 nitrogen and oxygen atoms in total. The Morgan fingerprint density at radius 1 is 1.27 bits per heavy atom. The molecule has 6 N–H and O–H groups in total. The van der Waals surface area contributed by atoms with Crippen LogP contribution < -0.4 is 21.7 Å². The molecule has 0 spiro atoms. The van der Waals surface area contributed by atoms with Crippen LogP contribution in [0.2, 0.25) is 0 Å². The van der Waals surface area contributed by atoms with Crippen molar-refractivity contribution < 1.29 is 9.53 Å². The number of aryl methyl sites for hydroxylation is 1. The number of nitrogens with zero attached hydrogens (tertiary/aromatic N) is 5. The third kappa shape index (κ3) is 4.60. The Morgan fingerprint density at radius 2 is 2.06 bits per heavy atom. The Labute approximate surface area is 190 Å². The SMILES string of the molecule is CNc1nc(N/C(C=N)=C/NC2CCOCC2)c(C(N)=O)nc1-c1cncc2c1ncn2C. The van der Waals surface area contributed by atoms with Crippen LogP contribution in [0.15, 0.2) is 30.6 Å². The standard InChI is InChI=1S/C21H26N10O2/c1-24-20-17(14-9-25-10-15-16(14)27-11-31(15)2)29-18(19(23)32)21(30-20)28-13(7-22)8-26-12-3-5-33-6-4-12/h7-12,22,26H,3-6H2,1-2H3,(H2,23,32)(H2,24,28,30)/b13-8+,22-7?. The summed E-state index contributed by atoms with van der Waals surface area (Å²) in [6.07, 6.45) is 9.57. The van der Waals surface area contributed by atoms with Gasteiger partial charge in [0, 0.05) is 52.0 Å². The summed E-state index contributed by atoms with van der Waals surface area (Å²) in [7, 11) is 3.57. The van der Waals surface area contributed by atoms with E-state index in [2.05, 4.69) is 35.9 Å². The number of imidazole rings is 1. The number of allylic oxidation sites excluding steroid dienone is 1. The molecule has 0 aromatic carbocycles. The van der Waals surface area contributed by atoms with Crippen molar-refractivity contribution in [3.63, 3.8) is 0 Å². The van der Waals surface area contributed by atoms with Crippen LogP contribution in [0.25, 0.3) is 22.3 Å². The predicted octanol–water partition coefficient (Wildman–Crippen LogP) is 1.24. The van der Waals surface area contributed by atoms with Gasteiger partial charge in [-0.05, 0) is 12.8 Å². The minimum absolute atomic E-state index is 0.0595. The Morgan fingerprint density at radius 3 is 2.76 bits per heavy atom. The van der Waals surface area contributed by atoms with Crippen molar-refractivity contribution in [3.8, 4) is 11.3 Å². The third-order valence-electron chi connectivity index (χ3n) is 5.37. The van der Waals surface area contributed by atoms with Gasteiger partial charge in [-0.25, -0.2) is 15.0 Å². The summed E-state index contributed by atoms with van der Waals surface area (Å²) in [5.41, 5.74) is 8.48. The number of nitrogens with one attached hydrogen (secondary N) is 4. The normalized spacial score (nSPS) is 14.8. The van der Waals surface area contributed by atoms with Crippen LogP contribution >= 0.6 is 0 Å². The number of carbonyl (C=O) groups is 1. The lowest BCUT2D eigenvalue weighted by molar-refractivity contribution is 0.0812. The molecule has 1 aliphatic heterocycles. The van der Waals surface area contributed by atoms with E-state index in [4.69, 9.17) is 15.9 Å². The zero-order valence-corrected chi connectivity index (χ0v) is 18.4. The molecule has 33 heavy (non-hydrogen) atoms. The highest BCUT2D eigenvalue weighted by Crippen LogP contribution is 2.31. The van der Waals surface area contributed by atoms with Gasteiger partial charge in [0.15, 0.2) is 17.3 Å². The maximum atomic E-state index is 12.3. The van der Waals surface area contributed by atoms with Crippen molar-refractivity contribution in [1.29, 1.82) is 5.41 Å². The first-order valence-electron chi connectivity index (χ1n) is 10.5. The van der Waals surface area contributed by atoms with Crippen LogP contribution in [0.3, 0.4) is 0 Å². The van der Waals surface area contributed by atoms with E-state index in [1.165, 1.54) is 0 Å². The van der Waals surface area contributed by atoms with E-state index in [1.54, 1.807) is 32.0 Å². The summed E-state index contributed by atoms with van der Waals surface area (Å²) in [6, 6.07) is 0.249. The molecule has 0 aliphatic carbocycles. The molecule has 0 atom stereocenters. The minimum Gasteiger partial charge on any atom is -0.386 e. The van der Waals surface area contributed by atoms with Crippen LogP contribution in [-0.2, 0) is 11.8 Å². The maximum Gasteiger partial charge on any atom is 0.271 e. The van der Waals surface area contributed by atoms with E-state index >= 15 is 0 Å². The summed E-state index contributed by atoms with van der Waals surface area (Å²) in [6.45, 7) is 1.39. The summed E-state index contributed by atoms with van der Waals surface area (Å²) in [4.78, 5) is 30.0. The van der Waals surface area contributed by atoms with Gasteiger partial charge in [-0.15, -0.1) is 0 Å². The number of pyridine rings is 1. The van der Waals surface area contributed by atoms with Crippen molar-refractivity contribution in [2.45, 2.75) is 18.9 Å². The number of anilines is 2. The zero-order valence-electron chi connectivity index (χ0n) is 18.4. The number of hydrogen-bond acceptors (Lipinski definition) is 10. The van der Waals surface area contributed by atoms with Gasteiger partial charge in [0.05, 0.1) is 29.3 Å². The molecule has 0 saturated carbocycles. The molecule has 3 aromatic rings. The minimum atomic E-state index is -0.753. The van der Waals surface area contributed by atoms with E-state index in [0.717, 1.165) is 24.6 Å². The number of hydrogen-bond donors (Lipinski definition) is 5. The lowest BCUT2D eigenvalue weighted by Crippen LogP contribution is -2.32. The van der Waals surface area contributed by atoms with Gasteiger partial charge in [-0.3, -0.25) is 9.78 Å². The van der Waals surface area contributed by atoms with E-state index in [9.17, 15) is 4.79 Å². The lowest BCUT2D eigenvalue weighted by atomic mass is 10.1. The summed E-state index contributed by atoms with van der Waals surface area (Å²) in [5, 5.41) is 17.0. The van der Waals surface area contributed by atoms with Gasteiger partial charge in [-0.2, -0.15) is 0 Å². The molecule has 0 unspecified atom stereocenters. The van der Waals surface area contributed by atoms with Crippen molar-refractivity contribution >= 4 is 34.8 Å². The quantitative estimate of drug-likeness (QED) is 0.317. The van der Waals surface area contributed by atoms with Crippen LogP contribution in [0.4, 0.5) is 11.6 Å². The highest BCUT2D eigenvalue weighted by molar-refractivity contribution is 6.00. The van der Waals surface area contributed by atoms with Gasteiger partial charge < -0.3 is 36.4 Å². The van der Waals surface area contributed by atoms with Crippen molar-refractivity contribution in [2.24, 2.45) is 12.8 Å². The summed E-state index contributed by atoms with van der Waals surface area (Å²) in [5.74, 6) is -0.207. The van der Waals surface area contributed by atoms with E-state index in [1.807, 2.05) is 11.6 Å². The second kappa shape index (κ2) is 9.61. The number of fused-ring (bicyclic) bond motifs is 1. The molecule has 1 aliphatic rings. The molecule has 3 aromatic heterocycles. The van der Waals surface area contributed by atoms with Crippen LogP contribution in [-0.4, -0.2) is 62.9 Å². The van der Waals surface area contributed by atoms with Gasteiger partial charge in [0.2, 0.25) is 0 Å². The van der Waals surface area contributed by atoms with Crippen molar-refractivity contribution in [3.05, 3.63) is 36.3 Å². The van der Waals surface area contributed by atoms with Crippen molar-refractivity contribution in [1.82, 2.24) is 29.8 Å². The molecule has 0 bridgehead atoms. The molecule has 4 heterocycles. The summed E-state index contributed by atoms with van der Waals surface area (Å²) >= 11 is 0. The Hall–Kier alpha value is -4.06. The molecular formula is C21H26N10O2. The molecular weight excluding hydrogens is 424 g/mol. The van der Waals surface area contributed by atoms with Crippen LogP contribution in [0.1, 0.15) is 23.3 Å². The molecule has 12 heteroatoms. The molecule has 1 amide bonds. The van der Waals surface area contributed by atoms with E-state index in [0.29, 0.717) is 41.5 Å². The Balaban J connectivity index is 1.72. The number of nitrogens with two attached hydrogens (primary N) is 1. The average molecular weight is 451 g/mol. The van der Waals surface area contributed by atoms with Crippen LogP contribution in [0, 0.1) is 5.41 Å². The largest absolute Gasteiger partial charge is 0.386 e. The highest BCUT2D eigenvalue weighted by atomic mass is 16.5. The number of rotatable bonds is 8. The van der Waals surface area contributed by atoms with Crippen molar-refractivity contribution in [2.75, 3.05) is 30.9 Å². The number of carbonyl (C=O) groups excluding carboxylic acids is 1. The third-order valence-corrected chi connectivity index (χ3v) is 5.37. The van der Waals surface area contributed by atoms with Gasteiger partial charge >= 0.3 is 0 Å². The van der Waals surface area contributed by atoms with Gasteiger partial charge in [0.25, 0.3) is 5.91 Å². The monoisotopic (exact) mass is 450 g/mol. The molecule has 1 saturated heterocycles. The first-order chi connectivity index (χ1) is 16.0. The molecule has 0 radical (unpaired) electrons. The number of amides is 1.